The monoisotopic (exact) mass is 377 g/mol. The molecule has 1 saturated heterocycles. The summed E-state index contributed by atoms with van der Waals surface area (Å²) in [6.07, 6.45) is 2.34. The third kappa shape index (κ3) is 4.16. The second-order valence-corrected chi connectivity index (χ2v) is 7.57. The van der Waals surface area contributed by atoms with Crippen LogP contribution in [0.15, 0.2) is 16.0 Å². The number of urea groups is 1. The minimum absolute atomic E-state index is 0.151. The first-order valence-electron chi connectivity index (χ1n) is 8.90. The Kier molecular flexibility index (Phi) is 5.07. The summed E-state index contributed by atoms with van der Waals surface area (Å²) in [5.41, 5.74) is 1.66. The zero-order valence-corrected chi connectivity index (χ0v) is 15.6. The molecule has 140 valence electrons. The average Bonchev–Trinajstić information content (AvgIpc) is 3.23. The first-order chi connectivity index (χ1) is 12.7. The molecule has 0 unspecified atom stereocenters. The number of nitrogens with zero attached hydrogens (tertiary/aromatic N) is 4. The number of thiazole rings is 1. The SMILES string of the molecule is CN(Cc1cc(C2CC2)on1)C(=O)NCc1csc(N2CCOCC2)n1. The maximum atomic E-state index is 12.3. The fourth-order valence-electron chi connectivity index (χ4n) is 2.86. The molecule has 0 bridgehead atoms. The molecule has 4 rings (SSSR count). The van der Waals surface area contributed by atoms with Crippen LogP contribution in [0, 0.1) is 0 Å². The van der Waals surface area contributed by atoms with E-state index in [1.807, 2.05) is 11.4 Å². The number of hydrogen-bond donors (Lipinski definition) is 1. The van der Waals surface area contributed by atoms with E-state index in [1.54, 1.807) is 23.3 Å². The number of nitrogens with one attached hydrogen (secondary N) is 1. The number of hydrogen-bond acceptors (Lipinski definition) is 7. The summed E-state index contributed by atoms with van der Waals surface area (Å²) in [6, 6.07) is 1.80. The molecular weight excluding hydrogens is 354 g/mol. The number of carbonyl (C=O) groups excluding carboxylic acids is 1. The van der Waals surface area contributed by atoms with Gasteiger partial charge in [0, 0.05) is 37.5 Å². The van der Waals surface area contributed by atoms with E-state index in [0.717, 1.165) is 48.6 Å². The molecule has 3 heterocycles. The van der Waals surface area contributed by atoms with Crippen molar-refractivity contribution in [1.29, 1.82) is 0 Å². The van der Waals surface area contributed by atoms with E-state index in [-0.39, 0.29) is 6.03 Å². The highest BCUT2D eigenvalue weighted by Gasteiger charge is 2.28. The third-order valence-electron chi connectivity index (χ3n) is 4.54. The van der Waals surface area contributed by atoms with Gasteiger partial charge in [-0.1, -0.05) is 5.16 Å². The molecule has 2 aromatic rings. The van der Waals surface area contributed by atoms with Crippen LogP contribution in [0.25, 0.3) is 0 Å². The van der Waals surface area contributed by atoms with Gasteiger partial charge in [0.05, 0.1) is 32.0 Å². The number of amides is 2. The molecular formula is C17H23N5O3S. The summed E-state index contributed by atoms with van der Waals surface area (Å²) < 4.78 is 10.7. The van der Waals surface area contributed by atoms with Gasteiger partial charge >= 0.3 is 6.03 Å². The van der Waals surface area contributed by atoms with Crippen molar-refractivity contribution in [2.75, 3.05) is 38.3 Å². The molecule has 0 spiro atoms. The van der Waals surface area contributed by atoms with Crippen LogP contribution >= 0.6 is 11.3 Å². The highest BCUT2D eigenvalue weighted by Crippen LogP contribution is 2.40. The molecule has 2 amide bonds. The third-order valence-corrected chi connectivity index (χ3v) is 5.49. The van der Waals surface area contributed by atoms with Crippen molar-refractivity contribution < 1.29 is 14.1 Å². The van der Waals surface area contributed by atoms with Crippen LogP contribution in [0.2, 0.25) is 0 Å². The van der Waals surface area contributed by atoms with Gasteiger partial charge in [0.15, 0.2) is 5.13 Å². The van der Waals surface area contributed by atoms with Crippen LogP contribution in [0.1, 0.15) is 35.9 Å². The summed E-state index contributed by atoms with van der Waals surface area (Å²) in [5.74, 6) is 1.47. The largest absolute Gasteiger partial charge is 0.378 e. The number of ether oxygens (including phenoxy) is 1. The Hall–Kier alpha value is -2.13. The average molecular weight is 377 g/mol. The second-order valence-electron chi connectivity index (χ2n) is 6.73. The highest BCUT2D eigenvalue weighted by molar-refractivity contribution is 7.13. The summed E-state index contributed by atoms with van der Waals surface area (Å²) in [6.45, 7) is 4.04. The van der Waals surface area contributed by atoms with Crippen molar-refractivity contribution in [1.82, 2.24) is 20.4 Å². The minimum atomic E-state index is -0.151. The molecule has 1 aliphatic heterocycles. The van der Waals surface area contributed by atoms with Crippen molar-refractivity contribution in [3.63, 3.8) is 0 Å². The summed E-state index contributed by atoms with van der Waals surface area (Å²) in [5, 5.41) is 9.93. The van der Waals surface area contributed by atoms with Gasteiger partial charge in [0.1, 0.15) is 11.5 Å². The summed E-state index contributed by atoms with van der Waals surface area (Å²) in [4.78, 5) is 20.7. The topological polar surface area (TPSA) is 83.7 Å². The minimum Gasteiger partial charge on any atom is -0.378 e. The van der Waals surface area contributed by atoms with Gasteiger partial charge in [-0.3, -0.25) is 0 Å². The number of rotatable bonds is 6. The van der Waals surface area contributed by atoms with E-state index in [0.29, 0.717) is 19.0 Å². The van der Waals surface area contributed by atoms with Crippen molar-refractivity contribution in [2.24, 2.45) is 0 Å². The molecule has 0 atom stereocenters. The molecule has 1 aliphatic carbocycles. The molecule has 1 saturated carbocycles. The van der Waals surface area contributed by atoms with Crippen molar-refractivity contribution in [3.05, 3.63) is 28.6 Å². The van der Waals surface area contributed by atoms with Crippen molar-refractivity contribution in [3.8, 4) is 0 Å². The fourth-order valence-corrected chi connectivity index (χ4v) is 3.74. The lowest BCUT2D eigenvalue weighted by molar-refractivity contribution is 0.122. The predicted octanol–water partition coefficient (Wildman–Crippen LogP) is 2.19. The summed E-state index contributed by atoms with van der Waals surface area (Å²) >= 11 is 1.60. The predicted molar refractivity (Wildman–Crippen MR) is 97.3 cm³/mol. The first kappa shape index (κ1) is 17.3. The standard InChI is InChI=1S/C17H23N5O3S/c1-21(10-13-8-15(25-20-13)12-2-3-12)16(23)18-9-14-11-26-17(19-14)22-4-6-24-7-5-22/h8,11-12H,2-7,9-10H2,1H3,(H,18,23). The van der Waals surface area contributed by atoms with E-state index >= 15 is 0 Å². The Bertz CT molecular complexity index is 751. The number of anilines is 1. The van der Waals surface area contributed by atoms with Gasteiger partial charge in [0.25, 0.3) is 0 Å². The van der Waals surface area contributed by atoms with Crippen LogP contribution in [0.3, 0.4) is 0 Å². The Morgan fingerprint density at radius 2 is 2.19 bits per heavy atom. The zero-order chi connectivity index (χ0) is 17.9. The lowest BCUT2D eigenvalue weighted by atomic mass is 10.3. The highest BCUT2D eigenvalue weighted by atomic mass is 32.1. The summed E-state index contributed by atoms with van der Waals surface area (Å²) in [7, 11) is 1.75. The normalized spacial score (nSPS) is 17.3. The van der Waals surface area contributed by atoms with Gasteiger partial charge in [-0.2, -0.15) is 0 Å². The molecule has 2 fully saturated rings. The lowest BCUT2D eigenvalue weighted by Crippen LogP contribution is -2.37. The molecule has 8 nitrogen and oxygen atoms in total. The van der Waals surface area contributed by atoms with E-state index in [1.165, 1.54) is 12.8 Å². The zero-order valence-electron chi connectivity index (χ0n) is 14.8. The molecule has 0 aromatic carbocycles. The molecule has 26 heavy (non-hydrogen) atoms. The van der Waals surface area contributed by atoms with E-state index in [2.05, 4.69) is 20.4 Å². The molecule has 9 heteroatoms. The first-order valence-corrected chi connectivity index (χ1v) is 9.78. The number of carbonyl (C=O) groups is 1. The van der Waals surface area contributed by atoms with E-state index in [4.69, 9.17) is 9.26 Å². The Balaban J connectivity index is 1.25. The Labute approximate surface area is 156 Å². The second kappa shape index (κ2) is 7.63. The van der Waals surface area contributed by atoms with Crippen LogP contribution in [0.4, 0.5) is 9.93 Å². The maximum absolute atomic E-state index is 12.3. The smallest absolute Gasteiger partial charge is 0.317 e. The lowest BCUT2D eigenvalue weighted by Gasteiger charge is -2.26. The van der Waals surface area contributed by atoms with Crippen LogP contribution in [-0.4, -0.2) is 54.4 Å². The van der Waals surface area contributed by atoms with Gasteiger partial charge < -0.3 is 24.4 Å². The van der Waals surface area contributed by atoms with E-state index < -0.39 is 0 Å². The van der Waals surface area contributed by atoms with Crippen LogP contribution in [0.5, 0.6) is 0 Å². The Morgan fingerprint density at radius 1 is 1.38 bits per heavy atom. The van der Waals surface area contributed by atoms with E-state index in [9.17, 15) is 4.79 Å². The Morgan fingerprint density at radius 3 is 2.96 bits per heavy atom. The van der Waals surface area contributed by atoms with Crippen LogP contribution in [-0.2, 0) is 17.8 Å². The van der Waals surface area contributed by atoms with Gasteiger partial charge in [-0.05, 0) is 12.8 Å². The molecule has 0 radical (unpaired) electrons. The maximum Gasteiger partial charge on any atom is 0.317 e. The molecule has 2 aliphatic rings. The van der Waals surface area contributed by atoms with Crippen molar-refractivity contribution in [2.45, 2.75) is 31.8 Å². The molecule has 2 aromatic heterocycles. The van der Waals surface area contributed by atoms with Gasteiger partial charge in [-0.15, -0.1) is 11.3 Å². The van der Waals surface area contributed by atoms with Crippen LogP contribution < -0.4 is 10.2 Å². The number of morpholine rings is 1. The van der Waals surface area contributed by atoms with Gasteiger partial charge in [-0.25, -0.2) is 9.78 Å². The number of aromatic nitrogens is 2. The quantitative estimate of drug-likeness (QED) is 0.831. The van der Waals surface area contributed by atoms with Crippen molar-refractivity contribution >= 4 is 22.5 Å². The fraction of sp³-hybridized carbons (Fsp3) is 0.588. The molecule has 1 N–H and O–H groups in total. The van der Waals surface area contributed by atoms with Gasteiger partial charge in [0.2, 0.25) is 0 Å².